The molecular weight excluding hydrogens is 226 g/mol. The van der Waals surface area contributed by atoms with Crippen LogP contribution in [0.15, 0.2) is 0 Å². The highest BCUT2D eigenvalue weighted by Crippen LogP contribution is 2.17. The highest BCUT2D eigenvalue weighted by Gasteiger charge is 2.32. The number of carbonyl (C=O) groups excluding carboxylic acids is 1. The third-order valence-corrected chi connectivity index (χ3v) is 3.78. The maximum Gasteiger partial charge on any atom is 0.242 e. The van der Waals surface area contributed by atoms with E-state index in [9.17, 15) is 13.2 Å². The van der Waals surface area contributed by atoms with E-state index in [4.69, 9.17) is 5.73 Å². The molecule has 1 saturated heterocycles. The van der Waals surface area contributed by atoms with E-state index >= 15 is 0 Å². The standard InChI is InChI=1S/C6H11N3O3S2/c7-6(13)9-8-5(10)4-1-2-14(11,12)3-4/h4H,1-3H2,(H,8,10)(H3,7,9,13). The molecule has 1 amide bonds. The van der Waals surface area contributed by atoms with E-state index in [0.717, 1.165) is 0 Å². The smallest absolute Gasteiger partial charge is 0.242 e. The third kappa shape index (κ3) is 3.11. The molecule has 0 bridgehead atoms. The SMILES string of the molecule is NC(=S)NNC(=O)C1CCS(=O)(=O)C1. The van der Waals surface area contributed by atoms with Crippen LogP contribution in [0.1, 0.15) is 6.42 Å². The zero-order valence-electron chi connectivity index (χ0n) is 7.32. The Morgan fingerprint density at radius 1 is 1.43 bits per heavy atom. The Bertz CT molecular complexity index is 351. The van der Waals surface area contributed by atoms with Crippen LogP contribution in [0.2, 0.25) is 0 Å². The van der Waals surface area contributed by atoms with Gasteiger partial charge in [-0.1, -0.05) is 0 Å². The van der Waals surface area contributed by atoms with Gasteiger partial charge in [0.25, 0.3) is 0 Å². The predicted octanol–water partition coefficient (Wildman–Crippen LogP) is -1.71. The fourth-order valence-corrected chi connectivity index (χ4v) is 3.02. The van der Waals surface area contributed by atoms with Gasteiger partial charge in [-0.25, -0.2) is 8.42 Å². The van der Waals surface area contributed by atoms with E-state index < -0.39 is 15.8 Å². The Balaban J connectivity index is 2.44. The van der Waals surface area contributed by atoms with E-state index in [2.05, 4.69) is 23.1 Å². The molecule has 80 valence electrons. The van der Waals surface area contributed by atoms with Gasteiger partial charge < -0.3 is 5.73 Å². The molecule has 6 nitrogen and oxygen atoms in total. The van der Waals surface area contributed by atoms with E-state index in [1.807, 2.05) is 0 Å². The normalized spacial score (nSPS) is 24.1. The van der Waals surface area contributed by atoms with Crippen molar-refractivity contribution in [1.82, 2.24) is 10.9 Å². The summed E-state index contributed by atoms with van der Waals surface area (Å²) < 4.78 is 22.1. The van der Waals surface area contributed by atoms with Gasteiger partial charge in [0.2, 0.25) is 5.91 Å². The van der Waals surface area contributed by atoms with Crippen molar-refractivity contribution in [2.75, 3.05) is 11.5 Å². The van der Waals surface area contributed by atoms with Crippen LogP contribution < -0.4 is 16.6 Å². The number of rotatable bonds is 1. The molecule has 0 radical (unpaired) electrons. The summed E-state index contributed by atoms with van der Waals surface area (Å²) in [7, 11) is -3.03. The van der Waals surface area contributed by atoms with Crippen molar-refractivity contribution in [3.8, 4) is 0 Å². The fraction of sp³-hybridized carbons (Fsp3) is 0.667. The van der Waals surface area contributed by atoms with Crippen LogP contribution in [0.3, 0.4) is 0 Å². The van der Waals surface area contributed by atoms with E-state index in [1.165, 1.54) is 0 Å². The summed E-state index contributed by atoms with van der Waals surface area (Å²) in [5, 5.41) is -0.0563. The predicted molar refractivity (Wildman–Crippen MR) is 54.8 cm³/mol. The van der Waals surface area contributed by atoms with Crippen LogP contribution in [-0.2, 0) is 14.6 Å². The molecule has 1 unspecified atom stereocenters. The van der Waals surface area contributed by atoms with E-state index in [-0.39, 0.29) is 22.5 Å². The zero-order chi connectivity index (χ0) is 10.8. The van der Waals surface area contributed by atoms with Crippen LogP contribution in [0.25, 0.3) is 0 Å². The highest BCUT2D eigenvalue weighted by atomic mass is 32.2. The molecule has 1 atom stereocenters. The molecule has 4 N–H and O–H groups in total. The van der Waals surface area contributed by atoms with Crippen molar-refractivity contribution in [2.24, 2.45) is 11.7 Å². The highest BCUT2D eigenvalue weighted by molar-refractivity contribution is 7.91. The molecule has 0 saturated carbocycles. The summed E-state index contributed by atoms with van der Waals surface area (Å²) in [6.45, 7) is 0. The van der Waals surface area contributed by atoms with E-state index in [1.54, 1.807) is 0 Å². The minimum atomic E-state index is -3.03. The molecule has 0 aromatic carbocycles. The second-order valence-electron chi connectivity index (χ2n) is 3.08. The van der Waals surface area contributed by atoms with E-state index in [0.29, 0.717) is 6.42 Å². The number of amides is 1. The number of hydrazine groups is 1. The lowest BCUT2D eigenvalue weighted by Crippen LogP contribution is -2.47. The maximum absolute atomic E-state index is 11.3. The number of nitrogens with one attached hydrogen (secondary N) is 2. The summed E-state index contributed by atoms with van der Waals surface area (Å²) in [6.07, 6.45) is 0.354. The number of sulfone groups is 1. The van der Waals surface area contributed by atoms with Crippen LogP contribution >= 0.6 is 12.2 Å². The van der Waals surface area contributed by atoms with Crippen molar-refractivity contribution in [3.05, 3.63) is 0 Å². The Hall–Kier alpha value is -0.890. The second-order valence-corrected chi connectivity index (χ2v) is 5.75. The number of hydrogen-bond donors (Lipinski definition) is 3. The van der Waals surface area contributed by atoms with Crippen molar-refractivity contribution in [1.29, 1.82) is 0 Å². The number of hydrogen-bond acceptors (Lipinski definition) is 4. The van der Waals surface area contributed by atoms with Crippen LogP contribution in [-0.4, -0.2) is 30.9 Å². The Morgan fingerprint density at radius 2 is 2.07 bits per heavy atom. The zero-order valence-corrected chi connectivity index (χ0v) is 8.95. The summed E-state index contributed by atoms with van der Waals surface area (Å²) in [5.41, 5.74) is 9.59. The Kier molecular flexibility index (Phi) is 3.27. The van der Waals surface area contributed by atoms with Gasteiger partial charge in [0.15, 0.2) is 14.9 Å². The molecule has 14 heavy (non-hydrogen) atoms. The van der Waals surface area contributed by atoms with Crippen molar-refractivity contribution >= 4 is 33.1 Å². The van der Waals surface area contributed by atoms with Crippen LogP contribution in [0, 0.1) is 5.92 Å². The lowest BCUT2D eigenvalue weighted by Gasteiger charge is -2.09. The van der Waals surface area contributed by atoms with Gasteiger partial charge in [-0.15, -0.1) is 0 Å². The van der Waals surface area contributed by atoms with Crippen molar-refractivity contribution < 1.29 is 13.2 Å². The van der Waals surface area contributed by atoms with Crippen LogP contribution in [0.5, 0.6) is 0 Å². The number of carbonyl (C=O) groups is 1. The number of nitrogens with two attached hydrogens (primary N) is 1. The lowest BCUT2D eigenvalue weighted by molar-refractivity contribution is -0.124. The van der Waals surface area contributed by atoms with Crippen LogP contribution in [0.4, 0.5) is 0 Å². The van der Waals surface area contributed by atoms with Gasteiger partial charge in [-0.2, -0.15) is 0 Å². The first-order chi connectivity index (χ1) is 6.41. The fourth-order valence-electron chi connectivity index (χ4n) is 1.23. The molecule has 1 heterocycles. The van der Waals surface area contributed by atoms with Gasteiger partial charge >= 0.3 is 0 Å². The van der Waals surface area contributed by atoms with Gasteiger partial charge in [0.1, 0.15) is 0 Å². The van der Waals surface area contributed by atoms with Crippen molar-refractivity contribution in [2.45, 2.75) is 6.42 Å². The lowest BCUT2D eigenvalue weighted by atomic mass is 10.1. The molecule has 1 aliphatic rings. The first kappa shape index (κ1) is 11.2. The molecule has 1 rings (SSSR count). The average molecular weight is 237 g/mol. The summed E-state index contributed by atoms with van der Waals surface area (Å²) in [4.78, 5) is 11.3. The van der Waals surface area contributed by atoms with Gasteiger partial charge in [-0.3, -0.25) is 15.6 Å². The summed E-state index contributed by atoms with van der Waals surface area (Å²) in [5.74, 6) is -0.920. The molecular formula is C6H11N3O3S2. The molecule has 0 aromatic heterocycles. The second kappa shape index (κ2) is 4.09. The third-order valence-electron chi connectivity index (χ3n) is 1.91. The minimum absolute atomic E-state index is 0.0563. The molecule has 0 aliphatic carbocycles. The first-order valence-corrected chi connectivity index (χ1v) is 6.19. The van der Waals surface area contributed by atoms with Gasteiger partial charge in [-0.05, 0) is 18.6 Å². The van der Waals surface area contributed by atoms with Gasteiger partial charge in [0, 0.05) is 0 Å². The number of thiocarbonyl (C=S) groups is 1. The summed E-state index contributed by atoms with van der Waals surface area (Å²) >= 11 is 4.47. The molecule has 0 aromatic rings. The monoisotopic (exact) mass is 237 g/mol. The topological polar surface area (TPSA) is 101 Å². The molecule has 0 spiro atoms. The average Bonchev–Trinajstić information content (AvgIpc) is 2.41. The Morgan fingerprint density at radius 3 is 2.50 bits per heavy atom. The van der Waals surface area contributed by atoms with Crippen molar-refractivity contribution in [3.63, 3.8) is 0 Å². The summed E-state index contributed by atoms with van der Waals surface area (Å²) in [6, 6.07) is 0. The van der Waals surface area contributed by atoms with Gasteiger partial charge in [0.05, 0.1) is 17.4 Å². The largest absolute Gasteiger partial charge is 0.375 e. The quantitative estimate of drug-likeness (QED) is 0.371. The molecule has 8 heteroatoms. The Labute approximate surface area is 87.1 Å². The maximum atomic E-state index is 11.3. The molecule has 1 fully saturated rings. The first-order valence-electron chi connectivity index (χ1n) is 3.96. The molecule has 1 aliphatic heterocycles. The minimum Gasteiger partial charge on any atom is -0.375 e.